The predicted molar refractivity (Wildman–Crippen MR) is 66.2 cm³/mol. The molecule has 0 aliphatic heterocycles. The van der Waals surface area contributed by atoms with Crippen LogP contribution in [0.4, 0.5) is 0 Å². The van der Waals surface area contributed by atoms with E-state index in [2.05, 4.69) is 33.1 Å². The highest BCUT2D eigenvalue weighted by molar-refractivity contribution is 9.10. The van der Waals surface area contributed by atoms with E-state index in [1.54, 1.807) is 19.1 Å². The fourth-order valence-electron chi connectivity index (χ4n) is 1.12. The van der Waals surface area contributed by atoms with Gasteiger partial charge >= 0.3 is 0 Å². The number of hydrogen-bond acceptors (Lipinski definition) is 2. The van der Waals surface area contributed by atoms with Gasteiger partial charge < -0.3 is 10.4 Å². The number of aromatic hydroxyl groups is 1. The Kier molecular flexibility index (Phi) is 4.87. The molecule has 0 aromatic heterocycles. The zero-order valence-corrected chi connectivity index (χ0v) is 10.5. The summed E-state index contributed by atoms with van der Waals surface area (Å²) < 4.78 is 0.570. The number of phenols is 1. The van der Waals surface area contributed by atoms with E-state index in [1.165, 1.54) is 6.07 Å². The van der Waals surface area contributed by atoms with Crippen molar-refractivity contribution in [3.05, 3.63) is 28.2 Å². The van der Waals surface area contributed by atoms with Gasteiger partial charge in [0.2, 0.25) is 0 Å². The van der Waals surface area contributed by atoms with Crippen LogP contribution in [0, 0.1) is 11.8 Å². The SMILES string of the molecule is CC#CCCNC(=O)c1ccc(Br)c(O)c1. The number of benzene rings is 1. The molecule has 0 saturated carbocycles. The molecular formula is C12H12BrNO2. The molecule has 16 heavy (non-hydrogen) atoms. The lowest BCUT2D eigenvalue weighted by molar-refractivity contribution is 0.0954. The minimum Gasteiger partial charge on any atom is -0.507 e. The van der Waals surface area contributed by atoms with E-state index in [0.717, 1.165) is 0 Å². The van der Waals surface area contributed by atoms with Gasteiger partial charge in [-0.15, -0.1) is 11.8 Å². The Morgan fingerprint density at radius 2 is 2.31 bits per heavy atom. The second-order valence-corrected chi connectivity index (χ2v) is 3.95. The maximum Gasteiger partial charge on any atom is 0.251 e. The van der Waals surface area contributed by atoms with Gasteiger partial charge in [-0.1, -0.05) is 0 Å². The maximum absolute atomic E-state index is 11.6. The summed E-state index contributed by atoms with van der Waals surface area (Å²) in [4.78, 5) is 11.6. The van der Waals surface area contributed by atoms with Crippen LogP contribution in [0.25, 0.3) is 0 Å². The van der Waals surface area contributed by atoms with E-state index < -0.39 is 0 Å². The predicted octanol–water partition coefficient (Wildman–Crippen LogP) is 2.30. The van der Waals surface area contributed by atoms with Crippen LogP contribution in [0.5, 0.6) is 5.75 Å². The number of carbonyl (C=O) groups excluding carboxylic acids is 1. The Hall–Kier alpha value is -1.47. The third-order valence-electron chi connectivity index (χ3n) is 1.92. The van der Waals surface area contributed by atoms with Crippen LogP contribution >= 0.6 is 15.9 Å². The van der Waals surface area contributed by atoms with Crippen molar-refractivity contribution in [1.82, 2.24) is 5.32 Å². The van der Waals surface area contributed by atoms with Gasteiger partial charge in [0.15, 0.2) is 0 Å². The van der Waals surface area contributed by atoms with E-state index in [4.69, 9.17) is 0 Å². The molecule has 84 valence electrons. The summed E-state index contributed by atoms with van der Waals surface area (Å²) in [5, 5.41) is 12.1. The molecule has 0 bridgehead atoms. The average Bonchev–Trinajstić information content (AvgIpc) is 2.28. The summed E-state index contributed by atoms with van der Waals surface area (Å²) in [5.41, 5.74) is 0.435. The maximum atomic E-state index is 11.6. The highest BCUT2D eigenvalue weighted by Crippen LogP contribution is 2.24. The molecule has 1 aromatic rings. The van der Waals surface area contributed by atoms with Crippen LogP contribution < -0.4 is 5.32 Å². The van der Waals surface area contributed by atoms with Crippen molar-refractivity contribution in [3.8, 4) is 17.6 Å². The minimum atomic E-state index is -0.208. The summed E-state index contributed by atoms with van der Waals surface area (Å²) in [5.74, 6) is 5.45. The Morgan fingerprint density at radius 1 is 1.56 bits per heavy atom. The molecule has 0 radical (unpaired) electrons. The van der Waals surface area contributed by atoms with Gasteiger partial charge in [-0.25, -0.2) is 0 Å². The molecule has 0 heterocycles. The highest BCUT2D eigenvalue weighted by Gasteiger charge is 2.06. The molecule has 0 aliphatic rings. The molecule has 0 fully saturated rings. The molecule has 1 rings (SSSR count). The third-order valence-corrected chi connectivity index (χ3v) is 2.59. The number of amides is 1. The fourth-order valence-corrected chi connectivity index (χ4v) is 1.37. The third kappa shape index (κ3) is 3.59. The number of halogens is 1. The summed E-state index contributed by atoms with van der Waals surface area (Å²) in [7, 11) is 0. The molecule has 3 nitrogen and oxygen atoms in total. The van der Waals surface area contributed by atoms with Crippen molar-refractivity contribution in [2.24, 2.45) is 0 Å². The van der Waals surface area contributed by atoms with E-state index in [9.17, 15) is 9.90 Å². The normalized spacial score (nSPS) is 9.12. The summed E-state index contributed by atoms with van der Waals surface area (Å²) >= 11 is 3.15. The van der Waals surface area contributed by atoms with Crippen LogP contribution in [0.15, 0.2) is 22.7 Å². The summed E-state index contributed by atoms with van der Waals surface area (Å²) in [6, 6.07) is 4.70. The zero-order chi connectivity index (χ0) is 12.0. The first-order valence-corrected chi connectivity index (χ1v) is 5.60. The topological polar surface area (TPSA) is 49.3 Å². The second-order valence-electron chi connectivity index (χ2n) is 3.10. The molecule has 0 saturated heterocycles. The van der Waals surface area contributed by atoms with E-state index >= 15 is 0 Å². The van der Waals surface area contributed by atoms with Crippen molar-refractivity contribution in [1.29, 1.82) is 0 Å². The van der Waals surface area contributed by atoms with Crippen molar-refractivity contribution >= 4 is 21.8 Å². The molecule has 1 amide bonds. The van der Waals surface area contributed by atoms with Crippen LogP contribution in [-0.2, 0) is 0 Å². The van der Waals surface area contributed by atoms with Crippen molar-refractivity contribution < 1.29 is 9.90 Å². The Morgan fingerprint density at radius 3 is 2.94 bits per heavy atom. The van der Waals surface area contributed by atoms with Crippen molar-refractivity contribution in [3.63, 3.8) is 0 Å². The van der Waals surface area contributed by atoms with E-state index in [1.807, 2.05) is 0 Å². The first-order valence-electron chi connectivity index (χ1n) is 4.81. The number of carbonyl (C=O) groups is 1. The second kappa shape index (κ2) is 6.19. The van der Waals surface area contributed by atoms with Gasteiger partial charge in [0.25, 0.3) is 5.91 Å². The van der Waals surface area contributed by atoms with E-state index in [0.29, 0.717) is 23.0 Å². The lowest BCUT2D eigenvalue weighted by Crippen LogP contribution is -2.24. The van der Waals surface area contributed by atoms with Gasteiger partial charge in [-0.2, -0.15) is 0 Å². The van der Waals surface area contributed by atoms with Crippen LogP contribution in [-0.4, -0.2) is 17.6 Å². The highest BCUT2D eigenvalue weighted by atomic mass is 79.9. The van der Waals surface area contributed by atoms with Crippen molar-refractivity contribution in [2.45, 2.75) is 13.3 Å². The first-order chi connectivity index (χ1) is 7.65. The van der Waals surface area contributed by atoms with Gasteiger partial charge in [0, 0.05) is 18.5 Å². The molecule has 1 aromatic carbocycles. The van der Waals surface area contributed by atoms with Crippen molar-refractivity contribution in [2.75, 3.05) is 6.54 Å². The lowest BCUT2D eigenvalue weighted by atomic mass is 10.2. The Labute approximate surface area is 103 Å². The van der Waals surface area contributed by atoms with Crippen LogP contribution in [0.1, 0.15) is 23.7 Å². The smallest absolute Gasteiger partial charge is 0.251 e. The summed E-state index contributed by atoms with van der Waals surface area (Å²) in [6.07, 6.45) is 0.630. The van der Waals surface area contributed by atoms with Gasteiger partial charge in [0.1, 0.15) is 5.75 Å². The number of rotatable bonds is 3. The Bertz CT molecular complexity index is 446. The Balaban J connectivity index is 2.58. The number of nitrogens with one attached hydrogen (secondary N) is 1. The van der Waals surface area contributed by atoms with Gasteiger partial charge in [-0.3, -0.25) is 4.79 Å². The van der Waals surface area contributed by atoms with E-state index in [-0.39, 0.29) is 11.7 Å². The standard InChI is InChI=1S/C12H12BrNO2/c1-2-3-4-7-14-12(16)9-5-6-10(13)11(15)8-9/h5-6,8,15H,4,7H2,1H3,(H,14,16). The molecule has 0 aliphatic carbocycles. The first kappa shape index (κ1) is 12.6. The van der Waals surface area contributed by atoms with Gasteiger partial charge in [-0.05, 0) is 41.1 Å². The molecule has 0 spiro atoms. The van der Waals surface area contributed by atoms with Crippen LogP contribution in [0.2, 0.25) is 0 Å². The van der Waals surface area contributed by atoms with Gasteiger partial charge in [0.05, 0.1) is 4.47 Å². The summed E-state index contributed by atoms with van der Waals surface area (Å²) in [6.45, 7) is 2.27. The number of phenolic OH excluding ortho intramolecular Hbond substituents is 1. The molecule has 2 N–H and O–H groups in total. The molecule has 0 unspecified atom stereocenters. The number of hydrogen-bond donors (Lipinski definition) is 2. The molecule has 0 atom stereocenters. The minimum absolute atomic E-state index is 0.0565. The average molecular weight is 282 g/mol. The monoisotopic (exact) mass is 281 g/mol. The quantitative estimate of drug-likeness (QED) is 0.660. The largest absolute Gasteiger partial charge is 0.507 e. The van der Waals surface area contributed by atoms with Crippen LogP contribution in [0.3, 0.4) is 0 Å². The molecular weight excluding hydrogens is 270 g/mol. The lowest BCUT2D eigenvalue weighted by Gasteiger charge is -2.04. The molecule has 4 heteroatoms. The fraction of sp³-hybridized carbons (Fsp3) is 0.250. The zero-order valence-electron chi connectivity index (χ0n) is 8.88.